The van der Waals surface area contributed by atoms with Crippen molar-refractivity contribution in [2.75, 3.05) is 27.2 Å². The lowest BCUT2D eigenvalue weighted by molar-refractivity contribution is -0.384. The van der Waals surface area contributed by atoms with E-state index in [1.807, 2.05) is 46.7 Å². The van der Waals surface area contributed by atoms with Crippen molar-refractivity contribution < 1.29 is 14.6 Å². The van der Waals surface area contributed by atoms with Gasteiger partial charge in [0.25, 0.3) is 11.4 Å². The van der Waals surface area contributed by atoms with Crippen LogP contribution in [-0.2, 0) is 0 Å². The van der Waals surface area contributed by atoms with E-state index in [9.17, 15) is 20.2 Å². The Balaban J connectivity index is 0.00000137. The molecule has 3 aromatic rings. The van der Waals surface area contributed by atoms with Crippen LogP contribution in [0.15, 0.2) is 54.9 Å². The molecule has 0 saturated heterocycles. The molecule has 0 bridgehead atoms. The molecule has 2 heterocycles. The van der Waals surface area contributed by atoms with E-state index in [4.69, 9.17) is 4.74 Å². The minimum absolute atomic E-state index is 0.139. The lowest BCUT2D eigenvalue weighted by atomic mass is 10.0. The van der Waals surface area contributed by atoms with Crippen molar-refractivity contribution in [2.45, 2.75) is 27.7 Å². The van der Waals surface area contributed by atoms with Gasteiger partial charge in [-0.15, -0.1) is 0 Å². The van der Waals surface area contributed by atoms with Crippen LogP contribution in [0.3, 0.4) is 0 Å². The molecule has 34 heavy (non-hydrogen) atoms. The summed E-state index contributed by atoms with van der Waals surface area (Å²) in [6.07, 6.45) is 2.90. The first kappa shape index (κ1) is 28.1. The molecule has 182 valence electrons. The van der Waals surface area contributed by atoms with Crippen LogP contribution in [0.1, 0.15) is 27.7 Å². The summed E-state index contributed by atoms with van der Waals surface area (Å²) in [6.45, 7) is 9.01. The van der Waals surface area contributed by atoms with Crippen LogP contribution in [0.5, 0.6) is 5.75 Å². The van der Waals surface area contributed by atoms with Crippen LogP contribution in [0, 0.1) is 20.2 Å². The summed E-state index contributed by atoms with van der Waals surface area (Å²) in [6, 6.07) is 10.5. The highest BCUT2D eigenvalue weighted by atomic mass is 16.6. The second-order valence-electron chi connectivity index (χ2n) is 6.65. The first-order valence-electron chi connectivity index (χ1n) is 11.0. The number of hydrogen-bond acceptors (Lipinski definition) is 8. The fourth-order valence-corrected chi connectivity index (χ4v) is 2.84. The van der Waals surface area contributed by atoms with Crippen LogP contribution in [0.25, 0.3) is 22.5 Å². The Morgan fingerprint density at radius 2 is 1.26 bits per heavy atom. The number of likely N-dealkylation sites (N-methyl/N-ethyl adjacent to an activating group) is 1. The van der Waals surface area contributed by atoms with Crippen molar-refractivity contribution in [3.63, 3.8) is 0 Å². The molecule has 0 saturated carbocycles. The third-order valence-electron chi connectivity index (χ3n) is 4.23. The average molecular weight is 470 g/mol. The molecule has 0 fully saturated rings. The summed E-state index contributed by atoms with van der Waals surface area (Å²) in [7, 11) is 3.80. The minimum Gasteiger partial charge on any atom is -0.492 e. The van der Waals surface area contributed by atoms with Gasteiger partial charge in [0, 0.05) is 42.2 Å². The standard InChI is InChI=1S/C20H19N5O5.2C2H6/c1-23(2)9-10-30-16-12-14(19-17(24(26)27)5-3-7-21-19)11-15(13-16)20-18(25(28)29)6-4-8-22-20;2*1-2/h3-8,11-13H,9-10H2,1-2H3;2*1-2H3. The zero-order valence-electron chi connectivity index (χ0n) is 20.4. The number of nitro groups is 2. The number of hydrogen-bond donors (Lipinski definition) is 0. The quantitative estimate of drug-likeness (QED) is 0.307. The van der Waals surface area contributed by atoms with E-state index in [1.54, 1.807) is 18.2 Å². The zero-order valence-corrected chi connectivity index (χ0v) is 20.4. The maximum atomic E-state index is 11.5. The highest BCUT2D eigenvalue weighted by molar-refractivity contribution is 5.79. The molecule has 0 unspecified atom stereocenters. The Labute approximate surface area is 199 Å². The fourth-order valence-electron chi connectivity index (χ4n) is 2.84. The highest BCUT2D eigenvalue weighted by Gasteiger charge is 2.21. The molecule has 0 aliphatic heterocycles. The third-order valence-corrected chi connectivity index (χ3v) is 4.23. The van der Waals surface area contributed by atoms with Gasteiger partial charge in [-0.25, -0.2) is 9.97 Å². The van der Waals surface area contributed by atoms with Crippen LogP contribution in [0.4, 0.5) is 11.4 Å². The second-order valence-corrected chi connectivity index (χ2v) is 6.65. The molecule has 0 aliphatic rings. The Hall–Kier alpha value is -3.92. The SMILES string of the molecule is CC.CC.CN(C)CCOc1cc(-c2ncccc2[N+](=O)[O-])cc(-c2ncccc2[N+](=O)[O-])c1. The number of rotatable bonds is 8. The molecule has 10 nitrogen and oxygen atoms in total. The number of ether oxygens (including phenoxy) is 1. The Bertz CT molecular complexity index is 1010. The number of pyridine rings is 2. The molecule has 0 amide bonds. The number of aromatic nitrogens is 2. The molecule has 0 atom stereocenters. The minimum atomic E-state index is -0.523. The molecular weight excluding hydrogens is 438 g/mol. The molecule has 0 radical (unpaired) electrons. The molecule has 0 spiro atoms. The van der Waals surface area contributed by atoms with Crippen LogP contribution in [0.2, 0.25) is 0 Å². The summed E-state index contributed by atoms with van der Waals surface area (Å²) in [5, 5.41) is 22.9. The van der Waals surface area contributed by atoms with Gasteiger partial charge in [-0.3, -0.25) is 20.2 Å². The fraction of sp³-hybridized carbons (Fsp3) is 0.333. The van der Waals surface area contributed by atoms with Crippen molar-refractivity contribution in [2.24, 2.45) is 0 Å². The smallest absolute Gasteiger partial charge is 0.295 e. The van der Waals surface area contributed by atoms with Gasteiger partial charge in [-0.05, 0) is 44.4 Å². The summed E-state index contributed by atoms with van der Waals surface area (Å²) >= 11 is 0. The van der Waals surface area contributed by atoms with Crippen molar-refractivity contribution in [3.8, 4) is 28.3 Å². The maximum Gasteiger partial charge on any atom is 0.295 e. The Morgan fingerprint density at radius 1 is 0.824 bits per heavy atom. The highest BCUT2D eigenvalue weighted by Crippen LogP contribution is 2.36. The van der Waals surface area contributed by atoms with E-state index in [-0.39, 0.29) is 22.8 Å². The van der Waals surface area contributed by atoms with Crippen molar-refractivity contribution >= 4 is 11.4 Å². The topological polar surface area (TPSA) is 125 Å². The molecule has 0 N–H and O–H groups in total. The molecule has 10 heteroatoms. The molecule has 3 rings (SSSR count). The third kappa shape index (κ3) is 7.59. The van der Waals surface area contributed by atoms with Gasteiger partial charge in [0.2, 0.25) is 0 Å². The Kier molecular flexibility index (Phi) is 11.8. The number of nitrogens with zero attached hydrogens (tertiary/aromatic N) is 5. The summed E-state index contributed by atoms with van der Waals surface area (Å²) < 4.78 is 5.80. The van der Waals surface area contributed by atoms with E-state index < -0.39 is 9.85 Å². The molecular formula is C24H31N5O5. The van der Waals surface area contributed by atoms with E-state index in [1.165, 1.54) is 36.7 Å². The van der Waals surface area contributed by atoms with Gasteiger partial charge in [-0.2, -0.15) is 0 Å². The summed E-state index contributed by atoms with van der Waals surface area (Å²) in [5.74, 6) is 0.407. The van der Waals surface area contributed by atoms with Gasteiger partial charge in [-0.1, -0.05) is 27.7 Å². The predicted molar refractivity (Wildman–Crippen MR) is 133 cm³/mol. The molecule has 1 aromatic carbocycles. The van der Waals surface area contributed by atoms with Gasteiger partial charge in [0.1, 0.15) is 23.7 Å². The average Bonchev–Trinajstić information content (AvgIpc) is 2.86. The normalized spacial score (nSPS) is 9.85. The Morgan fingerprint density at radius 3 is 1.65 bits per heavy atom. The van der Waals surface area contributed by atoms with Crippen molar-refractivity contribution in [3.05, 3.63) is 75.1 Å². The molecule has 0 aliphatic carbocycles. The van der Waals surface area contributed by atoms with E-state index in [0.717, 1.165) is 0 Å². The number of benzene rings is 1. The first-order valence-corrected chi connectivity index (χ1v) is 11.0. The second kappa shape index (κ2) is 14.3. The maximum absolute atomic E-state index is 11.5. The van der Waals surface area contributed by atoms with Crippen molar-refractivity contribution in [1.29, 1.82) is 0 Å². The summed E-state index contributed by atoms with van der Waals surface area (Å²) in [4.78, 5) is 32.1. The lowest BCUT2D eigenvalue weighted by Crippen LogP contribution is -2.19. The summed E-state index contributed by atoms with van der Waals surface area (Å²) in [5.41, 5.74) is 0.730. The van der Waals surface area contributed by atoms with Gasteiger partial charge < -0.3 is 9.64 Å². The zero-order chi connectivity index (χ0) is 25.7. The van der Waals surface area contributed by atoms with E-state index in [0.29, 0.717) is 30.0 Å². The molecule has 2 aromatic heterocycles. The predicted octanol–water partition coefficient (Wildman–Crippen LogP) is 5.62. The van der Waals surface area contributed by atoms with Gasteiger partial charge in [0.05, 0.1) is 9.85 Å². The lowest BCUT2D eigenvalue weighted by Gasteiger charge is -2.13. The van der Waals surface area contributed by atoms with Gasteiger partial charge >= 0.3 is 0 Å². The van der Waals surface area contributed by atoms with Gasteiger partial charge in [0.15, 0.2) is 0 Å². The van der Waals surface area contributed by atoms with E-state index in [2.05, 4.69) is 9.97 Å². The van der Waals surface area contributed by atoms with Crippen molar-refractivity contribution in [1.82, 2.24) is 14.9 Å². The van der Waals surface area contributed by atoms with Crippen LogP contribution >= 0.6 is 0 Å². The largest absolute Gasteiger partial charge is 0.492 e. The van der Waals surface area contributed by atoms with Crippen LogP contribution < -0.4 is 4.74 Å². The van der Waals surface area contributed by atoms with Crippen LogP contribution in [-0.4, -0.2) is 52.0 Å². The van der Waals surface area contributed by atoms with E-state index >= 15 is 0 Å². The first-order chi connectivity index (χ1) is 16.4. The monoisotopic (exact) mass is 469 g/mol.